The molecule has 2 heterocycles. The Balaban J connectivity index is 1.26. The number of rotatable bonds is 5. The van der Waals surface area contributed by atoms with Crippen molar-refractivity contribution in [3.63, 3.8) is 0 Å². The largest absolute Gasteiger partial charge is 0.444 e. The van der Waals surface area contributed by atoms with Crippen molar-refractivity contribution in [3.8, 4) is 17.2 Å². The number of piperidine rings is 1. The van der Waals surface area contributed by atoms with Crippen LogP contribution in [-0.4, -0.2) is 52.4 Å². The van der Waals surface area contributed by atoms with Crippen molar-refractivity contribution < 1.29 is 23.9 Å². The van der Waals surface area contributed by atoms with E-state index in [1.165, 1.54) is 11.8 Å². The Bertz CT molecular complexity index is 1400. The third-order valence-corrected chi connectivity index (χ3v) is 7.89. The molecule has 3 aliphatic rings. The first-order valence-corrected chi connectivity index (χ1v) is 13.7. The van der Waals surface area contributed by atoms with E-state index >= 15 is 0 Å². The number of benzene rings is 2. The molecule has 2 aliphatic heterocycles. The van der Waals surface area contributed by atoms with E-state index in [1.807, 2.05) is 42.5 Å². The number of amides is 4. The number of likely N-dealkylation sites (tertiary alicyclic amines) is 1. The predicted octanol–water partition coefficient (Wildman–Crippen LogP) is 4.13. The zero-order valence-corrected chi connectivity index (χ0v) is 23.3. The average Bonchev–Trinajstić information content (AvgIpc) is 3.59. The predicted molar refractivity (Wildman–Crippen MR) is 148 cm³/mol. The summed E-state index contributed by atoms with van der Waals surface area (Å²) in [5, 5.41) is 12.7. The summed E-state index contributed by atoms with van der Waals surface area (Å²) in [4.78, 5) is 53.2. The van der Waals surface area contributed by atoms with Crippen LogP contribution in [0.15, 0.2) is 42.5 Å². The number of carbonyl (C=O) groups is 4. The van der Waals surface area contributed by atoms with Gasteiger partial charge in [-0.2, -0.15) is 5.26 Å². The van der Waals surface area contributed by atoms with Crippen LogP contribution in [0.4, 0.5) is 10.5 Å². The molecule has 0 aromatic heterocycles. The molecule has 208 valence electrons. The van der Waals surface area contributed by atoms with Crippen molar-refractivity contribution in [3.05, 3.63) is 53.6 Å². The molecule has 1 N–H and O–H groups in total. The molecular weight excluding hydrogens is 508 g/mol. The molecule has 9 heteroatoms. The van der Waals surface area contributed by atoms with Gasteiger partial charge in [0.25, 0.3) is 0 Å². The summed E-state index contributed by atoms with van der Waals surface area (Å²) in [6, 6.07) is 14.1. The Morgan fingerprint density at radius 3 is 2.45 bits per heavy atom. The molecule has 2 aromatic rings. The van der Waals surface area contributed by atoms with Gasteiger partial charge < -0.3 is 10.1 Å². The zero-order valence-electron chi connectivity index (χ0n) is 23.3. The SMILES string of the molecule is CC(=O)N1C(=O)Cc2ccc(-c3ccc(C[C@@H](C#N)NC(=O)[C@@H]4C5CCC(C5)N4C(=O)OC(C)(C)C)cc3)cc21. The van der Waals surface area contributed by atoms with E-state index < -0.39 is 23.8 Å². The summed E-state index contributed by atoms with van der Waals surface area (Å²) < 4.78 is 5.58. The molecule has 2 fully saturated rings. The second kappa shape index (κ2) is 10.4. The number of nitriles is 1. The number of anilines is 1. The average molecular weight is 543 g/mol. The number of carbonyl (C=O) groups excluding carboxylic acids is 4. The third-order valence-electron chi connectivity index (χ3n) is 7.89. The lowest BCUT2D eigenvalue weighted by Crippen LogP contribution is -2.55. The molecule has 2 bridgehead atoms. The standard InChI is InChI=1S/C31H34N4O5/c1-18(36)34-26-15-21(9-10-22(26)16-27(34)37)20-7-5-19(6-8-20)13-24(17-32)33-29(38)28-23-11-12-25(14-23)35(28)30(39)40-31(2,3)4/h5-10,15,23-25,28H,11-14,16H2,1-4H3,(H,33,38)/t23?,24-,25?,28-/m0/s1. The first-order chi connectivity index (χ1) is 18.9. The van der Waals surface area contributed by atoms with Gasteiger partial charge in [-0.05, 0) is 74.3 Å². The number of hydrogen-bond donors (Lipinski definition) is 1. The van der Waals surface area contributed by atoms with Gasteiger partial charge in [-0.1, -0.05) is 36.4 Å². The van der Waals surface area contributed by atoms with Crippen LogP contribution in [0.25, 0.3) is 11.1 Å². The zero-order chi connectivity index (χ0) is 28.8. The Morgan fingerprint density at radius 1 is 1.10 bits per heavy atom. The fourth-order valence-electron chi connectivity index (χ4n) is 6.18. The number of hydrogen-bond acceptors (Lipinski definition) is 6. The third kappa shape index (κ3) is 5.31. The second-order valence-electron chi connectivity index (χ2n) is 11.9. The van der Waals surface area contributed by atoms with Gasteiger partial charge in [0.2, 0.25) is 17.7 Å². The molecule has 1 aliphatic carbocycles. The maximum atomic E-state index is 13.3. The first kappa shape index (κ1) is 27.4. The second-order valence-corrected chi connectivity index (χ2v) is 11.9. The van der Waals surface area contributed by atoms with E-state index in [9.17, 15) is 24.4 Å². The van der Waals surface area contributed by atoms with Crippen molar-refractivity contribution in [2.45, 2.75) is 83.5 Å². The molecule has 1 saturated heterocycles. The van der Waals surface area contributed by atoms with Crippen LogP contribution < -0.4 is 10.2 Å². The molecule has 0 spiro atoms. The summed E-state index contributed by atoms with van der Waals surface area (Å²) in [5.74, 6) is -0.777. The Labute approximate surface area is 234 Å². The number of fused-ring (bicyclic) bond motifs is 3. The Morgan fingerprint density at radius 2 is 1.80 bits per heavy atom. The van der Waals surface area contributed by atoms with Crippen molar-refractivity contribution in [1.29, 1.82) is 5.26 Å². The first-order valence-electron chi connectivity index (χ1n) is 13.7. The summed E-state index contributed by atoms with van der Waals surface area (Å²) in [6.45, 7) is 6.79. The normalized spacial score (nSPS) is 22.1. The van der Waals surface area contributed by atoms with Gasteiger partial charge in [0, 0.05) is 19.4 Å². The molecule has 2 aromatic carbocycles. The lowest BCUT2D eigenvalue weighted by atomic mass is 9.97. The lowest BCUT2D eigenvalue weighted by Gasteiger charge is -2.35. The highest BCUT2D eigenvalue weighted by Gasteiger charge is 2.52. The van der Waals surface area contributed by atoms with Gasteiger partial charge >= 0.3 is 6.09 Å². The van der Waals surface area contributed by atoms with Crippen LogP contribution in [0.5, 0.6) is 0 Å². The maximum absolute atomic E-state index is 13.3. The molecule has 9 nitrogen and oxygen atoms in total. The highest BCUT2D eigenvalue weighted by molar-refractivity contribution is 6.18. The highest BCUT2D eigenvalue weighted by Crippen LogP contribution is 2.43. The minimum atomic E-state index is -0.756. The van der Waals surface area contributed by atoms with Gasteiger partial charge in [0.05, 0.1) is 18.2 Å². The van der Waals surface area contributed by atoms with E-state index in [4.69, 9.17) is 4.74 Å². The van der Waals surface area contributed by atoms with E-state index in [0.29, 0.717) is 12.1 Å². The molecule has 4 amide bonds. The van der Waals surface area contributed by atoms with E-state index in [-0.39, 0.29) is 36.1 Å². The number of nitrogens with zero attached hydrogens (tertiary/aromatic N) is 3. The van der Waals surface area contributed by atoms with Crippen LogP contribution in [0.1, 0.15) is 58.1 Å². The van der Waals surface area contributed by atoms with Gasteiger partial charge in [-0.3, -0.25) is 24.2 Å². The lowest BCUT2D eigenvalue weighted by molar-refractivity contribution is -0.128. The number of imide groups is 1. The fraction of sp³-hybridized carbons (Fsp3) is 0.452. The summed E-state index contributed by atoms with van der Waals surface area (Å²) in [5.41, 5.74) is 3.43. The van der Waals surface area contributed by atoms with Crippen LogP contribution in [-0.2, 0) is 32.0 Å². The van der Waals surface area contributed by atoms with Gasteiger partial charge in [0.1, 0.15) is 17.7 Å². The van der Waals surface area contributed by atoms with E-state index in [2.05, 4.69) is 11.4 Å². The smallest absolute Gasteiger partial charge is 0.411 e. The number of nitrogens with one attached hydrogen (secondary N) is 1. The molecule has 40 heavy (non-hydrogen) atoms. The fourth-order valence-corrected chi connectivity index (χ4v) is 6.18. The highest BCUT2D eigenvalue weighted by atomic mass is 16.6. The van der Waals surface area contributed by atoms with Crippen molar-refractivity contribution in [2.75, 3.05) is 4.90 Å². The molecule has 2 unspecified atom stereocenters. The Kier molecular flexibility index (Phi) is 7.13. The van der Waals surface area contributed by atoms with Crippen molar-refractivity contribution in [2.24, 2.45) is 5.92 Å². The minimum absolute atomic E-state index is 0.0106. The van der Waals surface area contributed by atoms with Crippen molar-refractivity contribution in [1.82, 2.24) is 10.2 Å². The van der Waals surface area contributed by atoms with Crippen LogP contribution in [0.3, 0.4) is 0 Å². The quantitative estimate of drug-likeness (QED) is 0.607. The van der Waals surface area contributed by atoms with E-state index in [0.717, 1.165) is 41.5 Å². The minimum Gasteiger partial charge on any atom is -0.444 e. The van der Waals surface area contributed by atoms with Crippen molar-refractivity contribution >= 4 is 29.5 Å². The van der Waals surface area contributed by atoms with Crippen LogP contribution >= 0.6 is 0 Å². The summed E-state index contributed by atoms with van der Waals surface area (Å²) in [6.07, 6.45) is 2.56. The molecule has 0 radical (unpaired) electrons. The summed E-state index contributed by atoms with van der Waals surface area (Å²) >= 11 is 0. The molecule has 4 atom stereocenters. The van der Waals surface area contributed by atoms with Crippen LogP contribution in [0.2, 0.25) is 0 Å². The number of ether oxygens (including phenoxy) is 1. The van der Waals surface area contributed by atoms with Crippen LogP contribution in [0, 0.1) is 17.2 Å². The van der Waals surface area contributed by atoms with E-state index in [1.54, 1.807) is 25.7 Å². The Hall–Kier alpha value is -4.19. The maximum Gasteiger partial charge on any atom is 0.411 e. The monoisotopic (exact) mass is 542 g/mol. The summed E-state index contributed by atoms with van der Waals surface area (Å²) in [7, 11) is 0. The topological polar surface area (TPSA) is 120 Å². The van der Waals surface area contributed by atoms with Gasteiger partial charge in [-0.15, -0.1) is 0 Å². The molecule has 1 saturated carbocycles. The molecular formula is C31H34N4O5. The molecule has 5 rings (SSSR count). The van der Waals surface area contributed by atoms with Gasteiger partial charge in [-0.25, -0.2) is 4.79 Å². The van der Waals surface area contributed by atoms with Gasteiger partial charge in [0.15, 0.2) is 0 Å².